The highest BCUT2D eigenvalue weighted by Gasteiger charge is 2.04. The molecule has 0 amide bonds. The summed E-state index contributed by atoms with van der Waals surface area (Å²) in [5.41, 5.74) is 0. The van der Waals surface area contributed by atoms with E-state index in [0.717, 1.165) is 37.8 Å². The van der Waals surface area contributed by atoms with Crippen molar-refractivity contribution in [1.29, 1.82) is 0 Å². The van der Waals surface area contributed by atoms with Crippen LogP contribution in [0.4, 0.5) is 11.6 Å². The summed E-state index contributed by atoms with van der Waals surface area (Å²) in [4.78, 5) is 6.68. The van der Waals surface area contributed by atoms with Crippen LogP contribution in [-0.2, 0) is 4.74 Å². The zero-order chi connectivity index (χ0) is 13.4. The number of hydrogen-bond donors (Lipinski definition) is 1. The lowest BCUT2D eigenvalue weighted by Crippen LogP contribution is -2.24. The van der Waals surface area contributed by atoms with Gasteiger partial charge in [-0.05, 0) is 32.4 Å². The van der Waals surface area contributed by atoms with E-state index in [1.54, 1.807) is 0 Å². The molecule has 0 aliphatic rings. The van der Waals surface area contributed by atoms with Crippen LogP contribution in [0.15, 0.2) is 18.2 Å². The minimum absolute atomic E-state index is 0.281. The average Bonchev–Trinajstić information content (AvgIpc) is 2.36. The topological polar surface area (TPSA) is 37.4 Å². The Labute approximate surface area is 110 Å². The van der Waals surface area contributed by atoms with Gasteiger partial charge >= 0.3 is 0 Å². The third kappa shape index (κ3) is 5.36. The Bertz CT molecular complexity index is 342. The molecule has 0 saturated heterocycles. The summed E-state index contributed by atoms with van der Waals surface area (Å²) in [6.45, 7) is 8.77. The fourth-order valence-corrected chi connectivity index (χ4v) is 1.53. The highest BCUT2D eigenvalue weighted by atomic mass is 16.5. The van der Waals surface area contributed by atoms with Gasteiger partial charge < -0.3 is 15.0 Å². The van der Waals surface area contributed by atoms with Gasteiger partial charge in [-0.2, -0.15) is 0 Å². The van der Waals surface area contributed by atoms with Crippen LogP contribution < -0.4 is 10.2 Å². The maximum atomic E-state index is 5.54. The predicted molar refractivity (Wildman–Crippen MR) is 77.4 cm³/mol. The van der Waals surface area contributed by atoms with E-state index in [9.17, 15) is 0 Å². The van der Waals surface area contributed by atoms with Crippen LogP contribution in [-0.4, -0.2) is 37.8 Å². The highest BCUT2D eigenvalue weighted by molar-refractivity contribution is 5.46. The SMILES string of the molecule is CCCNc1cccc(N(C)CCOC(C)C)n1. The third-order valence-corrected chi connectivity index (χ3v) is 2.56. The predicted octanol–water partition coefficient (Wildman–Crippen LogP) is 2.76. The quantitative estimate of drug-likeness (QED) is 0.771. The fraction of sp³-hybridized carbons (Fsp3) is 0.643. The molecule has 0 bridgehead atoms. The van der Waals surface area contributed by atoms with Gasteiger partial charge in [0.1, 0.15) is 11.6 Å². The van der Waals surface area contributed by atoms with Crippen molar-refractivity contribution in [1.82, 2.24) is 4.98 Å². The molecule has 0 aromatic carbocycles. The van der Waals surface area contributed by atoms with E-state index in [-0.39, 0.29) is 6.10 Å². The molecule has 0 saturated carbocycles. The molecule has 1 aromatic rings. The van der Waals surface area contributed by atoms with Crippen molar-refractivity contribution < 1.29 is 4.74 Å². The first kappa shape index (κ1) is 14.8. The van der Waals surface area contributed by atoms with Crippen molar-refractivity contribution in [3.63, 3.8) is 0 Å². The molecule has 0 radical (unpaired) electrons. The van der Waals surface area contributed by atoms with Gasteiger partial charge in [0.15, 0.2) is 0 Å². The van der Waals surface area contributed by atoms with Gasteiger partial charge in [-0.15, -0.1) is 0 Å². The molecule has 1 aromatic heterocycles. The van der Waals surface area contributed by atoms with Crippen LogP contribution in [0.3, 0.4) is 0 Å². The van der Waals surface area contributed by atoms with E-state index >= 15 is 0 Å². The van der Waals surface area contributed by atoms with E-state index in [0.29, 0.717) is 0 Å². The standard InChI is InChI=1S/C14H25N3O/c1-5-9-15-13-7-6-8-14(16-13)17(4)10-11-18-12(2)3/h6-8,12H,5,9-11H2,1-4H3,(H,15,16). The molecule has 1 N–H and O–H groups in total. The van der Waals surface area contributed by atoms with Crippen molar-refractivity contribution >= 4 is 11.6 Å². The van der Waals surface area contributed by atoms with Crippen molar-refractivity contribution in [3.8, 4) is 0 Å². The monoisotopic (exact) mass is 251 g/mol. The number of hydrogen-bond acceptors (Lipinski definition) is 4. The molecule has 1 rings (SSSR count). The lowest BCUT2D eigenvalue weighted by molar-refractivity contribution is 0.0845. The molecular formula is C14H25N3O. The summed E-state index contributed by atoms with van der Waals surface area (Å²) in [6, 6.07) is 6.05. The number of rotatable bonds is 8. The largest absolute Gasteiger partial charge is 0.377 e. The Kier molecular flexibility index (Phi) is 6.50. The van der Waals surface area contributed by atoms with E-state index < -0.39 is 0 Å². The molecular weight excluding hydrogens is 226 g/mol. The normalized spacial score (nSPS) is 10.7. The zero-order valence-electron chi connectivity index (χ0n) is 11.9. The molecule has 0 fully saturated rings. The molecule has 0 spiro atoms. The Hall–Kier alpha value is -1.29. The Balaban J connectivity index is 2.48. The number of ether oxygens (including phenoxy) is 1. The highest BCUT2D eigenvalue weighted by Crippen LogP contribution is 2.12. The van der Waals surface area contributed by atoms with Gasteiger partial charge in [0.2, 0.25) is 0 Å². The summed E-state index contributed by atoms with van der Waals surface area (Å²) >= 11 is 0. The second-order valence-electron chi connectivity index (χ2n) is 4.65. The first-order chi connectivity index (χ1) is 8.63. The molecule has 102 valence electrons. The second-order valence-corrected chi connectivity index (χ2v) is 4.65. The second kappa shape index (κ2) is 7.93. The van der Waals surface area contributed by atoms with Crippen molar-refractivity contribution in [2.24, 2.45) is 0 Å². The van der Waals surface area contributed by atoms with E-state index in [2.05, 4.69) is 22.1 Å². The van der Waals surface area contributed by atoms with Crippen LogP contribution in [0.25, 0.3) is 0 Å². The van der Waals surface area contributed by atoms with Crippen LogP contribution in [0.5, 0.6) is 0 Å². The minimum atomic E-state index is 0.281. The summed E-state index contributed by atoms with van der Waals surface area (Å²) in [7, 11) is 2.04. The van der Waals surface area contributed by atoms with Crippen molar-refractivity contribution in [3.05, 3.63) is 18.2 Å². The summed E-state index contributed by atoms with van der Waals surface area (Å²) < 4.78 is 5.54. The molecule has 1 heterocycles. The Morgan fingerprint density at radius 1 is 1.39 bits per heavy atom. The number of pyridine rings is 1. The number of aromatic nitrogens is 1. The zero-order valence-corrected chi connectivity index (χ0v) is 11.9. The number of nitrogens with zero attached hydrogens (tertiary/aromatic N) is 2. The Morgan fingerprint density at radius 3 is 2.83 bits per heavy atom. The number of likely N-dealkylation sites (N-methyl/N-ethyl adjacent to an activating group) is 1. The van der Waals surface area contributed by atoms with E-state index in [1.807, 2.05) is 39.1 Å². The molecule has 4 nitrogen and oxygen atoms in total. The van der Waals surface area contributed by atoms with Crippen LogP contribution in [0, 0.1) is 0 Å². The van der Waals surface area contributed by atoms with E-state index in [1.165, 1.54) is 0 Å². The molecule has 0 aliphatic heterocycles. The minimum Gasteiger partial charge on any atom is -0.377 e. The molecule has 18 heavy (non-hydrogen) atoms. The molecule has 0 atom stereocenters. The number of nitrogens with one attached hydrogen (secondary N) is 1. The van der Waals surface area contributed by atoms with Crippen LogP contribution in [0.1, 0.15) is 27.2 Å². The maximum absolute atomic E-state index is 5.54. The van der Waals surface area contributed by atoms with Gasteiger partial charge in [0.25, 0.3) is 0 Å². The first-order valence-corrected chi connectivity index (χ1v) is 6.67. The van der Waals surface area contributed by atoms with Gasteiger partial charge in [0, 0.05) is 20.1 Å². The molecule has 4 heteroatoms. The molecule has 0 unspecified atom stereocenters. The van der Waals surface area contributed by atoms with Gasteiger partial charge in [-0.1, -0.05) is 13.0 Å². The fourth-order valence-electron chi connectivity index (χ4n) is 1.53. The lowest BCUT2D eigenvalue weighted by Gasteiger charge is -2.19. The molecule has 0 aliphatic carbocycles. The maximum Gasteiger partial charge on any atom is 0.130 e. The summed E-state index contributed by atoms with van der Waals surface area (Å²) in [5.74, 6) is 1.91. The van der Waals surface area contributed by atoms with Gasteiger partial charge in [-0.25, -0.2) is 4.98 Å². The van der Waals surface area contributed by atoms with Crippen molar-refractivity contribution in [2.75, 3.05) is 37.0 Å². The van der Waals surface area contributed by atoms with E-state index in [4.69, 9.17) is 4.74 Å². The van der Waals surface area contributed by atoms with Crippen molar-refractivity contribution in [2.45, 2.75) is 33.3 Å². The van der Waals surface area contributed by atoms with Gasteiger partial charge in [0.05, 0.1) is 12.7 Å². The first-order valence-electron chi connectivity index (χ1n) is 6.67. The van der Waals surface area contributed by atoms with Crippen LogP contribution >= 0.6 is 0 Å². The Morgan fingerprint density at radius 2 is 2.17 bits per heavy atom. The lowest BCUT2D eigenvalue weighted by atomic mass is 10.4. The summed E-state index contributed by atoms with van der Waals surface area (Å²) in [6.07, 6.45) is 1.38. The summed E-state index contributed by atoms with van der Waals surface area (Å²) in [5, 5.41) is 3.29. The smallest absolute Gasteiger partial charge is 0.130 e. The third-order valence-electron chi connectivity index (χ3n) is 2.56. The number of anilines is 2. The average molecular weight is 251 g/mol. The van der Waals surface area contributed by atoms with Crippen LogP contribution in [0.2, 0.25) is 0 Å². The van der Waals surface area contributed by atoms with Gasteiger partial charge in [-0.3, -0.25) is 0 Å².